The lowest BCUT2D eigenvalue weighted by Gasteiger charge is -2.24. The number of hydrogen-bond acceptors (Lipinski definition) is 1. The molecule has 1 fully saturated rings. The van der Waals surface area contributed by atoms with E-state index < -0.39 is 18.8 Å². The Morgan fingerprint density at radius 1 is 1.18 bits per heavy atom. The Bertz CT molecular complexity index is 281. The molecule has 6 heteroatoms. The number of carbonyl (C=O) groups excluding carboxylic acids is 1. The summed E-state index contributed by atoms with van der Waals surface area (Å²) in [6, 6.07) is -1.09. The van der Waals surface area contributed by atoms with Crippen LogP contribution in [0.3, 0.4) is 0 Å². The molecule has 1 rings (SSSR count). The highest BCUT2D eigenvalue weighted by Gasteiger charge is 2.30. The van der Waals surface area contributed by atoms with Gasteiger partial charge in [0.25, 0.3) is 0 Å². The van der Waals surface area contributed by atoms with Gasteiger partial charge in [0.05, 0.1) is 0 Å². The van der Waals surface area contributed by atoms with E-state index in [1.54, 1.807) is 0 Å². The molecule has 0 aromatic heterocycles. The number of nitrogens with zero attached hydrogens (tertiary/aromatic N) is 1. The third kappa shape index (κ3) is 15.4. The molecule has 0 unspecified atom stereocenters. The quantitative estimate of drug-likeness (QED) is 0.720. The minimum Gasteiger partial charge on any atom is -0.351 e. The molecule has 0 spiro atoms. The topological polar surface area (TPSA) is 46.3 Å². The van der Waals surface area contributed by atoms with E-state index in [-0.39, 0.29) is 1.43 Å². The zero-order chi connectivity index (χ0) is 17.8. The molecule has 0 bridgehead atoms. The van der Waals surface area contributed by atoms with Gasteiger partial charge >= 0.3 is 12.2 Å². The van der Waals surface area contributed by atoms with Crippen molar-refractivity contribution < 1.29 is 19.4 Å². The number of nitrogens with two attached hydrogens (primary N) is 1. The molecule has 0 aromatic rings. The largest absolute Gasteiger partial charge is 0.406 e. The van der Waals surface area contributed by atoms with Crippen LogP contribution in [0.5, 0.6) is 0 Å². The molecule has 22 heavy (non-hydrogen) atoms. The zero-order valence-electron chi connectivity index (χ0n) is 14.7. The van der Waals surface area contributed by atoms with Gasteiger partial charge in [-0.05, 0) is 11.8 Å². The second-order valence-electron chi connectivity index (χ2n) is 6.05. The van der Waals surface area contributed by atoms with Crippen molar-refractivity contribution in [3.63, 3.8) is 0 Å². The fraction of sp³-hybridized carbons (Fsp3) is 0.938. The van der Waals surface area contributed by atoms with Crippen LogP contribution >= 0.6 is 0 Å². The summed E-state index contributed by atoms with van der Waals surface area (Å²) in [4.78, 5) is 10.4. The van der Waals surface area contributed by atoms with Gasteiger partial charge in [-0.1, -0.05) is 66.2 Å². The summed E-state index contributed by atoms with van der Waals surface area (Å²) in [7, 11) is 0.982. The smallest absolute Gasteiger partial charge is 0.351 e. The van der Waals surface area contributed by atoms with Crippen molar-refractivity contribution in [1.29, 1.82) is 0 Å². The first-order valence-electron chi connectivity index (χ1n) is 8.14. The first kappa shape index (κ1) is 23.3. The minimum atomic E-state index is -4.37. The van der Waals surface area contributed by atoms with Crippen LogP contribution in [0.1, 0.15) is 67.6 Å². The van der Waals surface area contributed by atoms with Crippen molar-refractivity contribution in [2.24, 2.45) is 17.6 Å². The monoisotopic (exact) mass is 328 g/mol. The predicted octanol–water partition coefficient (Wildman–Crippen LogP) is 5.44. The van der Waals surface area contributed by atoms with Gasteiger partial charge in [-0.3, -0.25) is 0 Å². The molecule has 2 amide bonds. The van der Waals surface area contributed by atoms with Crippen molar-refractivity contribution in [2.45, 2.75) is 72.4 Å². The normalized spacial score (nSPS) is 20.9. The highest BCUT2D eigenvalue weighted by Crippen LogP contribution is 2.29. The van der Waals surface area contributed by atoms with Crippen LogP contribution < -0.4 is 5.73 Å². The maximum Gasteiger partial charge on any atom is 0.406 e. The lowest BCUT2D eigenvalue weighted by Crippen LogP contribution is -2.39. The summed E-state index contributed by atoms with van der Waals surface area (Å²) in [5, 5.41) is 0. The summed E-state index contributed by atoms with van der Waals surface area (Å²) >= 11 is 0. The third-order valence-corrected chi connectivity index (χ3v) is 3.51. The number of amides is 2. The maximum absolute atomic E-state index is 11.4. The van der Waals surface area contributed by atoms with Crippen LogP contribution in [0.25, 0.3) is 0 Å². The first-order chi connectivity index (χ1) is 10.1. The highest BCUT2D eigenvalue weighted by atomic mass is 19.4. The van der Waals surface area contributed by atoms with Crippen LogP contribution in [-0.2, 0) is 0 Å². The van der Waals surface area contributed by atoms with Gasteiger partial charge < -0.3 is 10.6 Å². The van der Waals surface area contributed by atoms with E-state index in [1.165, 1.54) is 38.5 Å². The lowest BCUT2D eigenvalue weighted by atomic mass is 9.82. The summed E-state index contributed by atoms with van der Waals surface area (Å²) < 4.78 is 34.3. The third-order valence-electron chi connectivity index (χ3n) is 3.51. The predicted molar refractivity (Wildman–Crippen MR) is 87.8 cm³/mol. The van der Waals surface area contributed by atoms with Crippen molar-refractivity contribution >= 4 is 6.03 Å². The van der Waals surface area contributed by atoms with Crippen LogP contribution in [0.2, 0.25) is 0 Å². The first-order valence-corrected chi connectivity index (χ1v) is 8.14. The standard InChI is InChI=1S/C9H18.C4H7F3N2O.C3H8.H2/c1-3-9-6-4-8(2)5-7-9;1-9(3(8)10)2-4(5,6)7;1-3-2;/h8-9H,3-7H2,1-2H3;2H2,1H3,(H2,8,10);3H2,1-2H3;1H. The van der Waals surface area contributed by atoms with Crippen LogP contribution in [0.4, 0.5) is 18.0 Å². The fourth-order valence-corrected chi connectivity index (χ4v) is 2.08. The van der Waals surface area contributed by atoms with Crippen LogP contribution in [0, 0.1) is 11.8 Å². The Kier molecular flexibility index (Phi) is 13.3. The van der Waals surface area contributed by atoms with E-state index in [0.29, 0.717) is 4.90 Å². The summed E-state index contributed by atoms with van der Waals surface area (Å²) in [5.41, 5.74) is 4.53. The SMILES string of the molecule is CCC.CCC1CCC(C)CC1.CN(CC(F)(F)F)C(N)=O.[HH]. The molecule has 1 saturated carbocycles. The van der Waals surface area contributed by atoms with E-state index in [1.807, 2.05) is 0 Å². The van der Waals surface area contributed by atoms with E-state index >= 15 is 0 Å². The van der Waals surface area contributed by atoms with Gasteiger partial charge in [0.2, 0.25) is 0 Å². The second kappa shape index (κ2) is 12.6. The van der Waals surface area contributed by atoms with Crippen molar-refractivity contribution in [1.82, 2.24) is 4.90 Å². The summed E-state index contributed by atoms with van der Waals surface area (Å²) in [5.74, 6) is 2.09. The molecular formula is C16H35F3N2O. The van der Waals surface area contributed by atoms with Gasteiger partial charge in [-0.25, -0.2) is 4.79 Å². The number of hydrogen-bond donors (Lipinski definition) is 1. The zero-order valence-corrected chi connectivity index (χ0v) is 14.7. The molecule has 136 valence electrons. The molecule has 0 radical (unpaired) electrons. The molecular weight excluding hydrogens is 293 g/mol. The van der Waals surface area contributed by atoms with Gasteiger partial charge in [-0.15, -0.1) is 0 Å². The number of rotatable bonds is 2. The van der Waals surface area contributed by atoms with Crippen LogP contribution in [0.15, 0.2) is 0 Å². The molecule has 0 aromatic carbocycles. The Morgan fingerprint density at radius 3 is 1.82 bits per heavy atom. The maximum atomic E-state index is 11.4. The number of carbonyl (C=O) groups is 1. The molecule has 3 nitrogen and oxygen atoms in total. The van der Waals surface area contributed by atoms with E-state index in [2.05, 4.69) is 33.4 Å². The average molecular weight is 328 g/mol. The number of alkyl halides is 3. The Hall–Kier alpha value is -0.940. The number of halogens is 3. The number of primary amides is 1. The second-order valence-corrected chi connectivity index (χ2v) is 6.05. The molecule has 0 aliphatic heterocycles. The summed E-state index contributed by atoms with van der Waals surface area (Å²) in [6.07, 6.45) is 4.25. The van der Waals surface area contributed by atoms with Crippen molar-refractivity contribution in [3.05, 3.63) is 0 Å². The average Bonchev–Trinajstić information content (AvgIpc) is 2.39. The minimum absolute atomic E-state index is 0. The van der Waals surface area contributed by atoms with E-state index in [9.17, 15) is 18.0 Å². The lowest BCUT2D eigenvalue weighted by molar-refractivity contribution is -0.137. The summed E-state index contributed by atoms with van der Waals surface area (Å²) in [6.45, 7) is 7.65. The molecule has 0 saturated heterocycles. The molecule has 1 aliphatic carbocycles. The van der Waals surface area contributed by atoms with Gasteiger partial charge in [0.1, 0.15) is 6.54 Å². The number of urea groups is 1. The van der Waals surface area contributed by atoms with E-state index in [0.717, 1.165) is 18.9 Å². The van der Waals surface area contributed by atoms with Crippen LogP contribution in [-0.4, -0.2) is 30.7 Å². The van der Waals surface area contributed by atoms with Crippen molar-refractivity contribution in [2.75, 3.05) is 13.6 Å². The van der Waals surface area contributed by atoms with Crippen molar-refractivity contribution in [3.8, 4) is 0 Å². The Labute approximate surface area is 134 Å². The fourth-order valence-electron chi connectivity index (χ4n) is 2.08. The molecule has 1 aliphatic rings. The van der Waals surface area contributed by atoms with Gasteiger partial charge in [0, 0.05) is 8.47 Å². The van der Waals surface area contributed by atoms with Gasteiger partial charge in [-0.2, -0.15) is 13.2 Å². The highest BCUT2D eigenvalue weighted by molar-refractivity contribution is 5.71. The Morgan fingerprint density at radius 2 is 1.59 bits per heavy atom. The van der Waals surface area contributed by atoms with Gasteiger partial charge in [0.15, 0.2) is 0 Å². The van der Waals surface area contributed by atoms with E-state index in [4.69, 9.17) is 0 Å². The molecule has 0 atom stereocenters. The Balaban J connectivity index is -0.000000287. The molecule has 2 N–H and O–H groups in total. The molecule has 0 heterocycles.